The number of furan rings is 1. The van der Waals surface area contributed by atoms with Gasteiger partial charge in [-0.3, -0.25) is 0 Å². The minimum atomic E-state index is 0.362. The molecular formula is C19H27N3O. The van der Waals surface area contributed by atoms with E-state index in [1.54, 1.807) is 6.26 Å². The molecule has 0 amide bonds. The van der Waals surface area contributed by atoms with Crippen molar-refractivity contribution in [1.82, 2.24) is 10.6 Å². The fourth-order valence-corrected chi connectivity index (χ4v) is 2.05. The second-order valence-electron chi connectivity index (χ2n) is 6.08. The Labute approximate surface area is 139 Å². The molecule has 4 nitrogen and oxygen atoms in total. The standard InChI is InChI=1S/C19H27N3O/c1-15(2)16(3)22-19(20-12-11-18-10-7-13-23-18)21-14-17-8-5-4-6-9-17/h4-10,13,15-16H,11-12,14H2,1-3H3,(H2,20,21,22). The van der Waals surface area contributed by atoms with Crippen LogP contribution in [0, 0.1) is 5.92 Å². The fraction of sp³-hybridized carbons (Fsp3) is 0.421. The van der Waals surface area contributed by atoms with Crippen LogP contribution in [-0.2, 0) is 13.0 Å². The van der Waals surface area contributed by atoms with Crippen molar-refractivity contribution in [2.75, 3.05) is 6.54 Å². The van der Waals surface area contributed by atoms with Gasteiger partial charge in [0.2, 0.25) is 0 Å². The topological polar surface area (TPSA) is 49.6 Å². The second kappa shape index (κ2) is 9.03. The molecule has 0 aliphatic heterocycles. The molecule has 1 aromatic heterocycles. The Morgan fingerprint density at radius 1 is 1.09 bits per heavy atom. The van der Waals surface area contributed by atoms with E-state index in [1.165, 1.54) is 5.56 Å². The number of nitrogens with zero attached hydrogens (tertiary/aromatic N) is 1. The predicted octanol–water partition coefficient (Wildman–Crippen LogP) is 3.60. The predicted molar refractivity (Wildman–Crippen MR) is 95.4 cm³/mol. The van der Waals surface area contributed by atoms with E-state index in [4.69, 9.17) is 9.41 Å². The van der Waals surface area contributed by atoms with Gasteiger partial charge in [0.05, 0.1) is 12.8 Å². The van der Waals surface area contributed by atoms with Crippen LogP contribution in [0.1, 0.15) is 32.1 Å². The Morgan fingerprint density at radius 2 is 1.87 bits per heavy atom. The van der Waals surface area contributed by atoms with Gasteiger partial charge < -0.3 is 15.1 Å². The maximum Gasteiger partial charge on any atom is 0.191 e. The van der Waals surface area contributed by atoms with Gasteiger partial charge in [-0.2, -0.15) is 0 Å². The van der Waals surface area contributed by atoms with Gasteiger partial charge in [-0.1, -0.05) is 44.2 Å². The molecule has 1 unspecified atom stereocenters. The number of rotatable bonds is 7. The van der Waals surface area contributed by atoms with Crippen molar-refractivity contribution in [2.24, 2.45) is 10.9 Å². The third-order valence-corrected chi connectivity index (χ3v) is 3.87. The normalized spacial score (nSPS) is 13.1. The summed E-state index contributed by atoms with van der Waals surface area (Å²) in [5.41, 5.74) is 1.21. The lowest BCUT2D eigenvalue weighted by Crippen LogP contribution is -2.44. The number of hydrogen-bond donors (Lipinski definition) is 2. The third-order valence-electron chi connectivity index (χ3n) is 3.87. The lowest BCUT2D eigenvalue weighted by molar-refractivity contribution is 0.477. The Bertz CT molecular complexity index is 576. The minimum Gasteiger partial charge on any atom is -0.469 e. The Kier molecular flexibility index (Phi) is 6.73. The molecule has 0 bridgehead atoms. The van der Waals surface area contributed by atoms with Gasteiger partial charge in [0, 0.05) is 19.0 Å². The van der Waals surface area contributed by atoms with Crippen LogP contribution in [0.4, 0.5) is 0 Å². The molecule has 1 aromatic carbocycles. The summed E-state index contributed by atoms with van der Waals surface area (Å²) in [4.78, 5) is 4.70. The van der Waals surface area contributed by atoms with E-state index < -0.39 is 0 Å². The van der Waals surface area contributed by atoms with E-state index in [-0.39, 0.29) is 0 Å². The zero-order chi connectivity index (χ0) is 16.5. The van der Waals surface area contributed by atoms with Crippen LogP contribution in [0.5, 0.6) is 0 Å². The summed E-state index contributed by atoms with van der Waals surface area (Å²) in [5, 5.41) is 6.87. The molecule has 0 aliphatic carbocycles. The van der Waals surface area contributed by atoms with Crippen LogP contribution in [0.3, 0.4) is 0 Å². The summed E-state index contributed by atoms with van der Waals surface area (Å²) in [6.07, 6.45) is 2.55. The number of nitrogens with one attached hydrogen (secondary N) is 2. The first kappa shape index (κ1) is 17.1. The molecule has 23 heavy (non-hydrogen) atoms. The van der Waals surface area contributed by atoms with E-state index >= 15 is 0 Å². The molecule has 0 aliphatic rings. The summed E-state index contributed by atoms with van der Waals surface area (Å²) in [6, 6.07) is 14.6. The summed E-state index contributed by atoms with van der Waals surface area (Å²) in [5.74, 6) is 2.38. The highest BCUT2D eigenvalue weighted by Crippen LogP contribution is 2.03. The highest BCUT2D eigenvalue weighted by Gasteiger charge is 2.09. The molecule has 1 atom stereocenters. The van der Waals surface area contributed by atoms with E-state index in [0.29, 0.717) is 18.5 Å². The van der Waals surface area contributed by atoms with Crippen molar-refractivity contribution < 1.29 is 4.42 Å². The third kappa shape index (κ3) is 6.19. The van der Waals surface area contributed by atoms with Crippen LogP contribution in [0.2, 0.25) is 0 Å². The van der Waals surface area contributed by atoms with Crippen LogP contribution in [0.25, 0.3) is 0 Å². The zero-order valence-electron chi connectivity index (χ0n) is 14.3. The number of hydrogen-bond acceptors (Lipinski definition) is 2. The van der Waals surface area contributed by atoms with Crippen molar-refractivity contribution in [3.63, 3.8) is 0 Å². The molecule has 124 valence electrons. The lowest BCUT2D eigenvalue weighted by Gasteiger charge is -2.21. The van der Waals surface area contributed by atoms with Gasteiger partial charge in [0.25, 0.3) is 0 Å². The molecule has 4 heteroatoms. The average Bonchev–Trinajstić information content (AvgIpc) is 3.06. The Hall–Kier alpha value is -2.23. The molecule has 0 radical (unpaired) electrons. The van der Waals surface area contributed by atoms with Crippen LogP contribution in [-0.4, -0.2) is 18.5 Å². The van der Waals surface area contributed by atoms with Gasteiger partial charge in [-0.05, 0) is 30.5 Å². The van der Waals surface area contributed by atoms with Gasteiger partial charge in [-0.25, -0.2) is 4.99 Å². The zero-order valence-corrected chi connectivity index (χ0v) is 14.3. The average molecular weight is 313 g/mol. The van der Waals surface area contributed by atoms with Crippen LogP contribution >= 0.6 is 0 Å². The number of aliphatic imine (C=N–C) groups is 1. The fourth-order valence-electron chi connectivity index (χ4n) is 2.05. The highest BCUT2D eigenvalue weighted by atomic mass is 16.3. The SMILES string of the molecule is CC(C)C(C)NC(=NCc1ccccc1)NCCc1ccco1. The summed E-state index contributed by atoms with van der Waals surface area (Å²) >= 11 is 0. The summed E-state index contributed by atoms with van der Waals surface area (Å²) in [6.45, 7) is 8.04. The van der Waals surface area contributed by atoms with Gasteiger partial charge in [-0.15, -0.1) is 0 Å². The van der Waals surface area contributed by atoms with Gasteiger partial charge >= 0.3 is 0 Å². The van der Waals surface area contributed by atoms with E-state index in [1.807, 2.05) is 30.3 Å². The van der Waals surface area contributed by atoms with E-state index in [9.17, 15) is 0 Å². The smallest absolute Gasteiger partial charge is 0.191 e. The van der Waals surface area contributed by atoms with Crippen molar-refractivity contribution in [1.29, 1.82) is 0 Å². The van der Waals surface area contributed by atoms with E-state index in [0.717, 1.165) is 24.7 Å². The van der Waals surface area contributed by atoms with Crippen LogP contribution in [0.15, 0.2) is 58.1 Å². The Morgan fingerprint density at radius 3 is 2.52 bits per heavy atom. The molecule has 2 N–H and O–H groups in total. The van der Waals surface area contributed by atoms with Crippen LogP contribution < -0.4 is 10.6 Å². The number of benzene rings is 1. The van der Waals surface area contributed by atoms with Crippen molar-refractivity contribution in [3.8, 4) is 0 Å². The minimum absolute atomic E-state index is 0.362. The monoisotopic (exact) mass is 313 g/mol. The quantitative estimate of drug-likeness (QED) is 0.606. The highest BCUT2D eigenvalue weighted by molar-refractivity contribution is 5.80. The number of guanidine groups is 1. The molecule has 2 rings (SSSR count). The largest absolute Gasteiger partial charge is 0.469 e. The molecule has 0 saturated heterocycles. The first-order valence-electron chi connectivity index (χ1n) is 8.26. The first-order valence-corrected chi connectivity index (χ1v) is 8.26. The molecule has 0 spiro atoms. The molecule has 2 aromatic rings. The van der Waals surface area contributed by atoms with Crippen molar-refractivity contribution >= 4 is 5.96 Å². The summed E-state index contributed by atoms with van der Waals surface area (Å²) in [7, 11) is 0. The maximum absolute atomic E-state index is 5.36. The first-order chi connectivity index (χ1) is 11.1. The van der Waals surface area contributed by atoms with Crippen molar-refractivity contribution in [3.05, 3.63) is 60.1 Å². The van der Waals surface area contributed by atoms with Gasteiger partial charge in [0.1, 0.15) is 5.76 Å². The molecular weight excluding hydrogens is 286 g/mol. The van der Waals surface area contributed by atoms with Crippen molar-refractivity contribution in [2.45, 2.75) is 39.8 Å². The summed E-state index contributed by atoms with van der Waals surface area (Å²) < 4.78 is 5.36. The Balaban J connectivity index is 1.92. The molecule has 0 fully saturated rings. The maximum atomic E-state index is 5.36. The lowest BCUT2D eigenvalue weighted by atomic mass is 10.1. The van der Waals surface area contributed by atoms with E-state index in [2.05, 4.69) is 43.5 Å². The second-order valence-corrected chi connectivity index (χ2v) is 6.08. The molecule has 1 heterocycles. The van der Waals surface area contributed by atoms with Gasteiger partial charge in [0.15, 0.2) is 5.96 Å². The molecule has 0 saturated carbocycles.